The molecule has 7 N–H and O–H groups in total. The summed E-state index contributed by atoms with van der Waals surface area (Å²) in [5, 5.41) is 80.8. The maximum atomic E-state index is 13.1. The first-order valence-electron chi connectivity index (χ1n) is 42.8. The number of allylic oxidation sites excluding steroid dienone is 2. The number of benzene rings is 7. The van der Waals surface area contributed by atoms with Crippen LogP contribution in [0.3, 0.4) is 0 Å². The van der Waals surface area contributed by atoms with E-state index >= 15 is 0 Å². The van der Waals surface area contributed by atoms with Crippen molar-refractivity contribution in [2.75, 3.05) is 32.8 Å². The molecule has 11 aromatic rings. The van der Waals surface area contributed by atoms with Crippen molar-refractivity contribution in [2.45, 2.75) is 154 Å². The monoisotopic (exact) mass is 1700 g/mol. The van der Waals surface area contributed by atoms with Crippen LogP contribution in [-0.2, 0) is 131 Å². The van der Waals surface area contributed by atoms with Gasteiger partial charge >= 0.3 is 0 Å². The standard InChI is InChI=1S/C24H23N3O2.C24H21N3O2.C24H23N3O.C23H19N3O14/c2*1-2-3-12-26-17-11-7-5-9-15(17)19-20-22(24(29)25-23(20)28)27-16-10-6-4-8-14(16)13-18(27)21(19)26;1-2-3-12-26-19-11-7-5-9-16(19)21-17-14-25-24(28)22(17)27-18-10-6-4-8-15(18)13-20(27)23(21)26;27-22-19-18-14-7-2-4-9-16(14)25(10-5-11-30-32-34-36-38-40-39-37-35-33-31-29)20(18)17-12-13-6-1-3-8-15(13)26(17)21(19)23(28)24-22/h4-11,18,23,28H,2-3,12-13H2,1H3,(H,25,29);4,6-11,18,24,29H,2-3,12-13H2,1H3;4-11,20H,2-3,12-14H2,1H3,(H,25,28);1-4,6-9,17,29H,5,10-12H2,(H,24,27,28)/p+1. The molecule has 126 heavy (non-hydrogen) atoms. The number of unbranched alkanes of at least 4 members (excludes halogenated alkanes) is 3. The summed E-state index contributed by atoms with van der Waals surface area (Å²) in [7, 11) is 0. The Hall–Kier alpha value is -13.0. The van der Waals surface area contributed by atoms with Crippen molar-refractivity contribution in [3.05, 3.63) is 283 Å². The van der Waals surface area contributed by atoms with E-state index in [2.05, 4.69) is 241 Å². The lowest BCUT2D eigenvalue weighted by Gasteiger charge is -2.34. The van der Waals surface area contributed by atoms with Gasteiger partial charge in [0, 0.05) is 159 Å². The second kappa shape index (κ2) is 33.1. The number of amides is 5. The Labute approximate surface area is 720 Å². The second-order valence-corrected chi connectivity index (χ2v) is 32.7. The number of nitrogens with zero attached hydrogens (tertiary/aromatic N) is 8. The summed E-state index contributed by atoms with van der Waals surface area (Å²) in [6.45, 7) is 10.7. The number of aryl methyl sites for hydroxylation is 3. The number of rotatable bonds is 23. The van der Waals surface area contributed by atoms with Crippen LogP contribution in [0.4, 0.5) is 22.7 Å². The number of anilines is 4. The van der Waals surface area contributed by atoms with Gasteiger partial charge in [0.2, 0.25) is 0 Å². The molecule has 31 heteroatoms. The third-order valence-corrected chi connectivity index (χ3v) is 26.2. The van der Waals surface area contributed by atoms with E-state index in [9.17, 15) is 34.2 Å². The van der Waals surface area contributed by atoms with Crippen molar-refractivity contribution in [1.29, 1.82) is 0 Å². The predicted molar refractivity (Wildman–Crippen MR) is 459 cm³/mol. The molecule has 6 unspecified atom stereocenters. The molecule has 31 nitrogen and oxygen atoms in total. The number of aliphatic hydroxyl groups is 2. The Balaban J connectivity index is 0.000000104. The highest BCUT2D eigenvalue weighted by atomic mass is 18.0. The maximum absolute atomic E-state index is 13.1. The summed E-state index contributed by atoms with van der Waals surface area (Å²) >= 11 is 0. The quantitative estimate of drug-likeness (QED) is 0.0103. The second-order valence-electron chi connectivity index (χ2n) is 32.7. The molecule has 7 aromatic carbocycles. The molecule has 0 fully saturated rings. The molecule has 6 atom stereocenters. The Morgan fingerprint density at radius 3 is 1.40 bits per heavy atom. The lowest BCUT2D eigenvalue weighted by molar-refractivity contribution is -0.862. The van der Waals surface area contributed by atoms with E-state index in [1.807, 2.05) is 83.8 Å². The zero-order chi connectivity index (χ0) is 85.7. The number of aromatic nitrogens is 4. The number of imide groups is 1. The highest BCUT2D eigenvalue weighted by molar-refractivity contribution is 6.39. The molecule has 16 heterocycles. The van der Waals surface area contributed by atoms with Crippen LogP contribution in [0.2, 0.25) is 0 Å². The van der Waals surface area contributed by atoms with Crippen molar-refractivity contribution >= 4 is 119 Å². The number of hydrogen-bond acceptors (Lipinski definition) is 23. The smallest absolute Gasteiger partial charge is 0.275 e. The van der Waals surface area contributed by atoms with E-state index in [0.717, 1.165) is 155 Å². The summed E-state index contributed by atoms with van der Waals surface area (Å²) in [6.07, 6.45) is 17.8. The predicted octanol–water partition coefficient (Wildman–Crippen LogP) is 13.8. The largest absolute Gasteiger partial charge is 0.369 e. The molecule has 640 valence electrons. The molecule has 1 aliphatic carbocycles. The van der Waals surface area contributed by atoms with E-state index in [-0.39, 0.29) is 48.5 Å². The first kappa shape index (κ1) is 80.1. The summed E-state index contributed by atoms with van der Waals surface area (Å²) in [6, 6.07) is 58.1. The Kier molecular flexibility index (Phi) is 21.1. The molecule has 0 saturated heterocycles. The first-order valence-corrected chi connectivity index (χ1v) is 42.8. The van der Waals surface area contributed by atoms with Crippen molar-refractivity contribution in [1.82, 2.24) is 39.5 Å². The molecule has 0 radical (unpaired) electrons. The summed E-state index contributed by atoms with van der Waals surface area (Å²) in [5.74, 6) is -1.14. The summed E-state index contributed by atoms with van der Waals surface area (Å²) in [5.41, 5.74) is 29.0. The minimum atomic E-state index is -0.985. The summed E-state index contributed by atoms with van der Waals surface area (Å²) in [4.78, 5) is 78.4. The lowest BCUT2D eigenvalue weighted by Crippen LogP contribution is -2.37. The van der Waals surface area contributed by atoms with Crippen LogP contribution in [0.25, 0.3) is 67.2 Å². The van der Waals surface area contributed by atoms with Gasteiger partial charge in [-0.15, -0.1) is 0 Å². The van der Waals surface area contributed by atoms with Gasteiger partial charge in [0.25, 0.3) is 29.5 Å². The van der Waals surface area contributed by atoms with Crippen LogP contribution < -0.4 is 40.9 Å². The van der Waals surface area contributed by atoms with E-state index in [0.29, 0.717) is 54.2 Å². The van der Waals surface area contributed by atoms with Crippen LogP contribution in [-0.4, -0.2) is 88.9 Å². The average molecular weight is 1700 g/mol. The third-order valence-electron chi connectivity index (χ3n) is 26.2. The zero-order valence-electron chi connectivity index (χ0n) is 68.8. The molecular formula is C95H87N12O19+. The van der Waals surface area contributed by atoms with Gasteiger partial charge in [0.05, 0.1) is 70.6 Å². The number of hydrogen-bond donors (Lipinski definition) is 7. The van der Waals surface area contributed by atoms with Crippen LogP contribution in [0.5, 0.6) is 0 Å². The molecule has 13 aliphatic rings. The van der Waals surface area contributed by atoms with Crippen molar-refractivity contribution < 1.29 is 94.7 Å². The summed E-state index contributed by atoms with van der Waals surface area (Å²) < 4.78 is 9.49. The number of aliphatic hydroxyl groups excluding tert-OH is 2. The molecule has 12 aliphatic heterocycles. The van der Waals surface area contributed by atoms with Gasteiger partial charge in [0.1, 0.15) is 34.8 Å². The average Bonchev–Trinajstić information content (AvgIpc) is 1.54. The fourth-order valence-corrected chi connectivity index (χ4v) is 21.5. The van der Waals surface area contributed by atoms with Gasteiger partial charge in [0.15, 0.2) is 18.1 Å². The number of nitrogens with one attached hydrogen (secondary N) is 4. The van der Waals surface area contributed by atoms with Gasteiger partial charge in [-0.25, -0.2) is 10.1 Å². The number of carbonyl (C=O) groups excluding carboxylic acids is 5. The highest BCUT2D eigenvalue weighted by Crippen LogP contribution is 2.59. The maximum Gasteiger partial charge on any atom is 0.275 e. The topological polar surface area (TPSA) is 328 Å². The molecule has 24 rings (SSSR count). The normalized spacial score (nSPS) is 20.1. The van der Waals surface area contributed by atoms with Crippen LogP contribution in [0.15, 0.2) is 199 Å². The molecule has 0 spiro atoms. The molecule has 5 amide bonds. The van der Waals surface area contributed by atoms with Gasteiger partial charge in [-0.05, 0) is 141 Å². The van der Waals surface area contributed by atoms with Crippen molar-refractivity contribution in [3.8, 4) is 0 Å². The van der Waals surface area contributed by atoms with Crippen LogP contribution in [0, 0.1) is 6.08 Å². The molecular weight excluding hydrogens is 1610 g/mol. The number of carbonyl (C=O) groups is 5. The fraction of sp³-hybridized carbons (Fsp3) is 0.274. The lowest BCUT2D eigenvalue weighted by atomic mass is 9.90. The number of para-hydroxylation sites is 7. The van der Waals surface area contributed by atoms with E-state index < -0.39 is 24.3 Å². The van der Waals surface area contributed by atoms with E-state index in [4.69, 9.17) is 10.1 Å². The molecule has 4 aromatic heterocycles. The Morgan fingerprint density at radius 1 is 0.413 bits per heavy atom. The third kappa shape index (κ3) is 12.9. The number of fused-ring (bicyclic) bond motifs is 36. The molecule has 0 saturated carbocycles. The van der Waals surface area contributed by atoms with E-state index in [1.54, 1.807) is 0 Å². The fourth-order valence-electron chi connectivity index (χ4n) is 21.5. The Morgan fingerprint density at radius 2 is 0.849 bits per heavy atom. The van der Waals surface area contributed by atoms with Gasteiger partial charge < -0.3 is 64.0 Å². The minimum Gasteiger partial charge on any atom is -0.369 e. The Bertz CT molecular complexity index is 6540. The van der Waals surface area contributed by atoms with Crippen LogP contribution in [0.1, 0.15) is 168 Å². The highest BCUT2D eigenvalue weighted by Gasteiger charge is 2.55. The SMILES string of the molecule is CCCCn1c2c(c3c1C1Cc4ccccc4N1C1=C3C(=O)NC1O)C=[C+]C=C2.CCCCn1c2c(c3ccccc31)C1=C(C(=O)NC1)N1c3ccccc3CC21.CCCCn1c2c(c3ccccc31)C1=C(C(=O)NC1O)N1c3ccccc3CC21.O=C1NC(=O)C2=C1c1c(n(CCCOOOOOOOOOOOO)c3ccccc13)C1Cc3ccccc3N21. The van der Waals surface area contributed by atoms with E-state index in [1.165, 1.54) is 73.4 Å². The molecule has 0 bridgehead atoms. The van der Waals surface area contributed by atoms with Crippen LogP contribution >= 0.6 is 0 Å². The van der Waals surface area contributed by atoms with Crippen molar-refractivity contribution in [3.63, 3.8) is 0 Å². The van der Waals surface area contributed by atoms with Crippen molar-refractivity contribution in [2.24, 2.45) is 0 Å². The van der Waals surface area contributed by atoms with Gasteiger partial charge in [-0.1, -0.05) is 167 Å². The van der Waals surface area contributed by atoms with Gasteiger partial charge in [-0.3, -0.25) is 29.3 Å². The zero-order valence-corrected chi connectivity index (χ0v) is 68.8. The van der Waals surface area contributed by atoms with Gasteiger partial charge in [-0.2, -0.15) is 0 Å². The minimum absolute atomic E-state index is 0.0627. The first-order chi connectivity index (χ1) is 61.9.